The molecule has 0 unspecified atom stereocenters. The summed E-state index contributed by atoms with van der Waals surface area (Å²) in [5.74, 6) is 0. The SMILES string of the molecule is CCc1c(Sc2cc(C)cc(C)c2)n(Cc2cccc(Cl)n2)c(=O)[nH]c1=O. The zero-order valence-corrected chi connectivity index (χ0v) is 16.9. The van der Waals surface area contributed by atoms with Crippen LogP contribution in [-0.2, 0) is 13.0 Å². The van der Waals surface area contributed by atoms with Crippen molar-refractivity contribution >= 4 is 23.4 Å². The smallest absolute Gasteiger partial charge is 0.281 e. The summed E-state index contributed by atoms with van der Waals surface area (Å²) in [6.07, 6.45) is 0.520. The molecule has 0 saturated heterocycles. The van der Waals surface area contributed by atoms with E-state index in [9.17, 15) is 9.59 Å². The fourth-order valence-corrected chi connectivity index (χ4v) is 4.48. The topological polar surface area (TPSA) is 67.8 Å². The predicted molar refractivity (Wildman–Crippen MR) is 109 cm³/mol. The Balaban J connectivity index is 2.14. The van der Waals surface area contributed by atoms with Crippen LogP contribution in [0.25, 0.3) is 0 Å². The Morgan fingerprint density at radius 2 is 1.85 bits per heavy atom. The number of aromatic nitrogens is 3. The molecule has 0 saturated carbocycles. The van der Waals surface area contributed by atoms with Gasteiger partial charge < -0.3 is 0 Å². The van der Waals surface area contributed by atoms with Gasteiger partial charge in [0, 0.05) is 10.5 Å². The highest BCUT2D eigenvalue weighted by atomic mass is 35.5. The van der Waals surface area contributed by atoms with Gasteiger partial charge in [-0.15, -0.1) is 0 Å². The number of nitrogens with one attached hydrogen (secondary N) is 1. The van der Waals surface area contributed by atoms with E-state index in [-0.39, 0.29) is 12.1 Å². The Morgan fingerprint density at radius 3 is 2.48 bits per heavy atom. The summed E-state index contributed by atoms with van der Waals surface area (Å²) >= 11 is 7.41. The van der Waals surface area contributed by atoms with E-state index in [4.69, 9.17) is 11.6 Å². The van der Waals surface area contributed by atoms with Crippen molar-refractivity contribution in [3.05, 3.63) is 84.8 Å². The number of aromatic amines is 1. The molecule has 7 heteroatoms. The molecule has 0 spiro atoms. The summed E-state index contributed by atoms with van der Waals surface area (Å²) in [6, 6.07) is 11.5. The van der Waals surface area contributed by atoms with Crippen LogP contribution in [0.1, 0.15) is 29.3 Å². The van der Waals surface area contributed by atoms with Crippen LogP contribution in [0.15, 0.2) is 55.9 Å². The lowest BCUT2D eigenvalue weighted by atomic mass is 10.2. The van der Waals surface area contributed by atoms with Gasteiger partial charge in [-0.2, -0.15) is 0 Å². The van der Waals surface area contributed by atoms with Gasteiger partial charge in [-0.05, 0) is 55.7 Å². The first-order valence-electron chi connectivity index (χ1n) is 8.61. The highest BCUT2D eigenvalue weighted by Crippen LogP contribution is 2.30. The summed E-state index contributed by atoms with van der Waals surface area (Å²) in [7, 11) is 0. The maximum absolute atomic E-state index is 12.6. The molecule has 2 heterocycles. The Kier molecular flexibility index (Phi) is 5.87. The third-order valence-corrected chi connectivity index (χ3v) is 5.44. The zero-order valence-electron chi connectivity index (χ0n) is 15.4. The van der Waals surface area contributed by atoms with Crippen LogP contribution in [0.3, 0.4) is 0 Å². The van der Waals surface area contributed by atoms with Crippen LogP contribution < -0.4 is 11.2 Å². The summed E-state index contributed by atoms with van der Waals surface area (Å²) in [4.78, 5) is 32.6. The largest absolute Gasteiger partial charge is 0.329 e. The van der Waals surface area contributed by atoms with Gasteiger partial charge in [-0.3, -0.25) is 14.3 Å². The zero-order chi connectivity index (χ0) is 19.6. The van der Waals surface area contributed by atoms with Crippen LogP contribution in [0.2, 0.25) is 5.15 Å². The molecule has 0 aliphatic rings. The number of hydrogen-bond acceptors (Lipinski definition) is 4. The molecule has 5 nitrogen and oxygen atoms in total. The van der Waals surface area contributed by atoms with Crippen LogP contribution in [0, 0.1) is 13.8 Å². The van der Waals surface area contributed by atoms with Crippen LogP contribution >= 0.6 is 23.4 Å². The van der Waals surface area contributed by atoms with Gasteiger partial charge in [0.15, 0.2) is 0 Å². The van der Waals surface area contributed by atoms with Gasteiger partial charge in [0.2, 0.25) is 0 Å². The number of nitrogens with zero attached hydrogens (tertiary/aromatic N) is 2. The normalized spacial score (nSPS) is 11.0. The number of hydrogen-bond donors (Lipinski definition) is 1. The van der Waals surface area contributed by atoms with Crippen molar-refractivity contribution in [3.63, 3.8) is 0 Å². The fraction of sp³-hybridized carbons (Fsp3) is 0.250. The van der Waals surface area contributed by atoms with Crippen molar-refractivity contribution < 1.29 is 0 Å². The minimum atomic E-state index is -0.453. The third-order valence-electron chi connectivity index (χ3n) is 4.10. The lowest BCUT2D eigenvalue weighted by Gasteiger charge is -2.15. The van der Waals surface area contributed by atoms with E-state index in [1.807, 2.05) is 32.9 Å². The standard InChI is InChI=1S/C20H20ClN3O2S/c1-4-16-18(25)23-20(26)24(11-14-6-5-7-17(21)22-14)19(16)27-15-9-12(2)8-13(3)10-15/h5-10H,4,11H2,1-3H3,(H,23,25,26). The highest BCUT2D eigenvalue weighted by molar-refractivity contribution is 7.99. The number of pyridine rings is 1. The number of halogens is 1. The Hall–Kier alpha value is -2.31. The molecule has 0 bridgehead atoms. The molecular formula is C20H20ClN3O2S. The molecule has 3 aromatic rings. The summed E-state index contributed by atoms with van der Waals surface area (Å²) < 4.78 is 1.56. The molecule has 0 aliphatic heterocycles. The van der Waals surface area contributed by atoms with Crippen molar-refractivity contribution in [2.24, 2.45) is 0 Å². The van der Waals surface area contributed by atoms with Gasteiger partial charge in [0.25, 0.3) is 5.56 Å². The maximum atomic E-state index is 12.6. The van der Waals surface area contributed by atoms with Crippen LogP contribution in [0.5, 0.6) is 0 Å². The molecule has 0 atom stereocenters. The Morgan fingerprint density at radius 1 is 1.15 bits per heavy atom. The molecule has 140 valence electrons. The number of H-pyrrole nitrogens is 1. The van der Waals surface area contributed by atoms with Crippen molar-refractivity contribution in [2.75, 3.05) is 0 Å². The van der Waals surface area contributed by atoms with Crippen LogP contribution in [-0.4, -0.2) is 14.5 Å². The number of aryl methyl sites for hydroxylation is 2. The first kappa shape index (κ1) is 19.5. The second kappa shape index (κ2) is 8.15. The summed E-state index contributed by atoms with van der Waals surface area (Å²) in [6.45, 7) is 6.19. The van der Waals surface area contributed by atoms with Gasteiger partial charge in [0.05, 0.1) is 17.3 Å². The molecule has 1 aromatic carbocycles. The van der Waals surface area contributed by atoms with E-state index >= 15 is 0 Å². The highest BCUT2D eigenvalue weighted by Gasteiger charge is 2.16. The molecule has 0 amide bonds. The van der Waals surface area contributed by atoms with Crippen molar-refractivity contribution in [2.45, 2.75) is 43.7 Å². The maximum Gasteiger partial charge on any atom is 0.329 e. The van der Waals surface area contributed by atoms with E-state index in [0.29, 0.717) is 27.9 Å². The van der Waals surface area contributed by atoms with Crippen LogP contribution in [0.4, 0.5) is 0 Å². The number of rotatable bonds is 5. The summed E-state index contributed by atoms with van der Waals surface area (Å²) in [5.41, 5.74) is 2.70. The molecule has 0 fully saturated rings. The van der Waals surface area contributed by atoms with Crippen molar-refractivity contribution in [1.29, 1.82) is 0 Å². The molecule has 2 aromatic heterocycles. The second-order valence-corrected chi connectivity index (χ2v) is 7.81. The van der Waals surface area contributed by atoms with Gasteiger partial charge in [-0.25, -0.2) is 9.78 Å². The second-order valence-electron chi connectivity index (χ2n) is 6.36. The van der Waals surface area contributed by atoms with E-state index in [1.54, 1.807) is 22.8 Å². The molecule has 27 heavy (non-hydrogen) atoms. The molecule has 3 rings (SSSR count). The average molecular weight is 402 g/mol. The van der Waals surface area contributed by atoms with E-state index in [1.165, 1.54) is 11.8 Å². The molecule has 1 N–H and O–H groups in total. The number of benzene rings is 1. The molecule has 0 radical (unpaired) electrons. The van der Waals surface area contributed by atoms with E-state index in [2.05, 4.69) is 16.0 Å². The Bertz CT molecular complexity index is 1080. The molecule has 0 aliphatic carbocycles. The fourth-order valence-electron chi connectivity index (χ4n) is 2.97. The summed E-state index contributed by atoms with van der Waals surface area (Å²) in [5, 5.41) is 1.00. The minimum Gasteiger partial charge on any atom is -0.281 e. The van der Waals surface area contributed by atoms with Crippen molar-refractivity contribution in [3.8, 4) is 0 Å². The first-order chi connectivity index (χ1) is 12.9. The quantitative estimate of drug-likeness (QED) is 0.519. The Labute approximate surface area is 166 Å². The van der Waals surface area contributed by atoms with Gasteiger partial charge >= 0.3 is 5.69 Å². The predicted octanol–water partition coefficient (Wildman–Crippen LogP) is 3.96. The first-order valence-corrected chi connectivity index (χ1v) is 9.80. The van der Waals surface area contributed by atoms with Crippen molar-refractivity contribution in [1.82, 2.24) is 14.5 Å². The monoisotopic (exact) mass is 401 g/mol. The van der Waals surface area contributed by atoms with Gasteiger partial charge in [0.1, 0.15) is 5.15 Å². The lowest BCUT2D eigenvalue weighted by molar-refractivity contribution is 0.624. The minimum absolute atomic E-state index is 0.232. The lowest BCUT2D eigenvalue weighted by Crippen LogP contribution is -2.34. The molecular weight excluding hydrogens is 382 g/mol. The van der Waals surface area contributed by atoms with E-state index in [0.717, 1.165) is 16.0 Å². The third kappa shape index (κ3) is 4.51. The van der Waals surface area contributed by atoms with Gasteiger partial charge in [-0.1, -0.05) is 42.4 Å². The average Bonchev–Trinajstić information content (AvgIpc) is 2.57. The van der Waals surface area contributed by atoms with E-state index < -0.39 is 5.69 Å².